The molecule has 2 aliphatic carbocycles. The number of methoxy groups -OCH3 is 1. The molecule has 7 nitrogen and oxygen atoms in total. The van der Waals surface area contributed by atoms with Crippen molar-refractivity contribution < 1.29 is 18.5 Å². The number of hydrogen-bond donors (Lipinski definition) is 1. The zero-order valence-electron chi connectivity index (χ0n) is 29.6. The van der Waals surface area contributed by atoms with Gasteiger partial charge < -0.3 is 19.3 Å². The summed E-state index contributed by atoms with van der Waals surface area (Å²) in [5.41, 5.74) is 3.41. The summed E-state index contributed by atoms with van der Waals surface area (Å²) in [6, 6.07) is 12.0. The zero-order valence-corrected chi connectivity index (χ0v) is 31.1. The SMILES string of the molecule is C=S1(=O)NC(=O)c2ccc3c(c2)N(C[C@@H]2CC[C@H]2[C@](CN2CCCCC2)(OC)/C=C/C[C@H](C)[C@H]1C)C[C@@]1(CCCc2cc(Cl)ccc21)CO3. The summed E-state index contributed by atoms with van der Waals surface area (Å²) in [6.45, 7) is 9.34. The third kappa shape index (κ3) is 6.80. The van der Waals surface area contributed by atoms with Crippen LogP contribution in [0.25, 0.3) is 0 Å². The van der Waals surface area contributed by atoms with Crippen LogP contribution in [0.2, 0.25) is 5.02 Å². The molecular weight excluding hydrogens is 654 g/mol. The fraction of sp³-hybridized carbons (Fsp3) is 0.600. The number of allylic oxidation sites excluding steroid dienone is 1. The molecule has 1 unspecified atom stereocenters. The Morgan fingerprint density at radius 3 is 2.67 bits per heavy atom. The van der Waals surface area contributed by atoms with Gasteiger partial charge in [-0.25, -0.2) is 4.21 Å². The molecule has 1 saturated carbocycles. The third-order valence-electron chi connectivity index (χ3n) is 12.7. The number of carbonyl (C=O) groups excluding carboxylic acids is 1. The van der Waals surface area contributed by atoms with Crippen LogP contribution in [0.5, 0.6) is 5.75 Å². The number of rotatable bonds is 3. The van der Waals surface area contributed by atoms with Gasteiger partial charge in [0.25, 0.3) is 5.91 Å². The third-order valence-corrected chi connectivity index (χ3v) is 15.1. The fourth-order valence-electron chi connectivity index (χ4n) is 9.37. The van der Waals surface area contributed by atoms with Crippen LogP contribution in [0, 0.1) is 17.8 Å². The number of ether oxygens (including phenoxy) is 2. The molecule has 7 atom stereocenters. The molecule has 1 saturated heterocycles. The highest BCUT2D eigenvalue weighted by atomic mass is 35.5. The lowest BCUT2D eigenvalue weighted by atomic mass is 9.63. The van der Waals surface area contributed by atoms with Crippen molar-refractivity contribution in [3.05, 3.63) is 70.3 Å². The lowest BCUT2D eigenvalue weighted by molar-refractivity contribution is -0.0932. The fourth-order valence-corrected chi connectivity index (χ4v) is 11.0. The van der Waals surface area contributed by atoms with Gasteiger partial charge in [-0.3, -0.25) is 9.52 Å². The molecule has 2 fully saturated rings. The zero-order chi connectivity index (χ0) is 34.4. The topological polar surface area (TPSA) is 71.1 Å². The van der Waals surface area contributed by atoms with E-state index in [1.54, 1.807) is 6.07 Å². The quantitative estimate of drug-likeness (QED) is 0.272. The highest BCUT2D eigenvalue weighted by Crippen LogP contribution is 2.49. The van der Waals surface area contributed by atoms with Crippen LogP contribution < -0.4 is 14.4 Å². The van der Waals surface area contributed by atoms with Crippen LogP contribution in [0.3, 0.4) is 0 Å². The molecule has 0 aromatic heterocycles. The Morgan fingerprint density at radius 2 is 1.92 bits per heavy atom. The van der Waals surface area contributed by atoms with Crippen molar-refractivity contribution in [1.82, 2.24) is 9.62 Å². The molecule has 0 radical (unpaired) electrons. The highest BCUT2D eigenvalue weighted by Gasteiger charge is 2.49. The molecule has 3 aliphatic heterocycles. The van der Waals surface area contributed by atoms with E-state index in [1.807, 2.05) is 32.2 Å². The monoisotopic (exact) mass is 707 g/mol. The van der Waals surface area contributed by atoms with Crippen LogP contribution in [0.15, 0.2) is 48.6 Å². The Labute approximate surface area is 298 Å². The number of fused-ring (bicyclic) bond motifs is 4. The van der Waals surface area contributed by atoms with E-state index in [-0.39, 0.29) is 22.5 Å². The Bertz CT molecular complexity index is 1690. The first-order valence-corrected chi connectivity index (χ1v) is 20.6. The Hall–Kier alpha value is -2.52. The maximum Gasteiger partial charge on any atom is 0.262 e. The first kappa shape index (κ1) is 34.9. The number of nitrogens with one attached hydrogen (secondary N) is 1. The standard InChI is InChI=1S/C40H54ClN3O4S/c1-28-10-8-19-40(47-3,26-43-20-6-5-7-21-43)35-15-12-32(35)24-44-25-39(18-9-11-30-22-33(41)14-16-34(30)39)27-48-37-17-13-31(23-36(37)44)38(45)42-49(4,46)29(28)2/h8,13-14,16-17,19,22-23,28-29,32,35H,4-7,9-12,15,18,20-21,24-27H2,1-3H3,(H,42,45,46)/b19-8+/t28-,29+,32-,35+,39-,40-,49?/m0/s1. The van der Waals surface area contributed by atoms with Gasteiger partial charge in [-0.2, -0.15) is 0 Å². The van der Waals surface area contributed by atoms with Crippen LogP contribution in [-0.4, -0.2) is 78.2 Å². The van der Waals surface area contributed by atoms with Gasteiger partial charge in [0.1, 0.15) is 11.4 Å². The van der Waals surface area contributed by atoms with Gasteiger partial charge in [0.15, 0.2) is 0 Å². The number of amides is 1. The van der Waals surface area contributed by atoms with Gasteiger partial charge in [0, 0.05) is 48.0 Å². The largest absolute Gasteiger partial charge is 0.490 e. The van der Waals surface area contributed by atoms with Crippen molar-refractivity contribution in [2.75, 3.05) is 51.3 Å². The minimum atomic E-state index is -2.93. The number of hydrogen-bond acceptors (Lipinski definition) is 6. The Morgan fingerprint density at radius 1 is 1.10 bits per heavy atom. The summed E-state index contributed by atoms with van der Waals surface area (Å²) in [5.74, 6) is 5.30. The molecule has 1 spiro atoms. The van der Waals surface area contributed by atoms with E-state index in [0.717, 1.165) is 87.7 Å². The molecule has 1 N–H and O–H groups in total. The summed E-state index contributed by atoms with van der Waals surface area (Å²) in [6.07, 6.45) is 14.5. The second kappa shape index (κ2) is 13.9. The smallest absolute Gasteiger partial charge is 0.262 e. The van der Waals surface area contributed by atoms with Gasteiger partial charge in [0.05, 0.1) is 22.0 Å². The average Bonchev–Trinajstić information content (AvgIpc) is 3.22. The maximum atomic E-state index is 14.0. The van der Waals surface area contributed by atoms with Crippen LogP contribution in [-0.2, 0) is 26.3 Å². The molecule has 2 aromatic carbocycles. The first-order valence-electron chi connectivity index (χ1n) is 18.5. The Kier molecular flexibility index (Phi) is 9.90. The molecule has 266 valence electrons. The molecule has 2 aromatic rings. The number of piperidine rings is 1. The van der Waals surface area contributed by atoms with E-state index in [4.69, 9.17) is 21.1 Å². The number of benzene rings is 2. The van der Waals surface area contributed by atoms with Gasteiger partial charge in [-0.1, -0.05) is 43.2 Å². The van der Waals surface area contributed by atoms with Gasteiger partial charge in [-0.05, 0) is 136 Å². The molecular formula is C40H54ClN3O4S. The van der Waals surface area contributed by atoms with E-state index in [1.165, 1.54) is 30.4 Å². The normalized spacial score (nSPS) is 36.0. The molecule has 2 bridgehead atoms. The molecule has 3 heterocycles. The predicted molar refractivity (Wildman–Crippen MR) is 202 cm³/mol. The van der Waals surface area contributed by atoms with E-state index in [2.05, 4.69) is 51.6 Å². The first-order chi connectivity index (χ1) is 23.5. The molecule has 7 rings (SSSR count). The number of anilines is 1. The summed E-state index contributed by atoms with van der Waals surface area (Å²) in [7, 11) is -1.04. The highest BCUT2D eigenvalue weighted by molar-refractivity contribution is 7.99. The number of nitrogens with zero attached hydrogens (tertiary/aromatic N) is 2. The summed E-state index contributed by atoms with van der Waals surface area (Å²) < 4.78 is 30.2. The van der Waals surface area contributed by atoms with Gasteiger partial charge in [0.2, 0.25) is 0 Å². The van der Waals surface area contributed by atoms with Crippen LogP contribution in [0.4, 0.5) is 5.69 Å². The minimum absolute atomic E-state index is 0.0524. The van der Waals surface area contributed by atoms with E-state index in [9.17, 15) is 9.00 Å². The number of halogens is 1. The van der Waals surface area contributed by atoms with E-state index < -0.39 is 15.3 Å². The Balaban J connectivity index is 1.32. The minimum Gasteiger partial charge on any atom is -0.490 e. The molecule has 1 amide bonds. The summed E-state index contributed by atoms with van der Waals surface area (Å²) >= 11 is 6.50. The lowest BCUT2D eigenvalue weighted by Crippen LogP contribution is -2.57. The second-order valence-corrected chi connectivity index (χ2v) is 18.5. The number of carbonyl (C=O) groups is 1. The van der Waals surface area contributed by atoms with Crippen molar-refractivity contribution in [2.24, 2.45) is 17.8 Å². The summed E-state index contributed by atoms with van der Waals surface area (Å²) in [5, 5.41) is 0.458. The van der Waals surface area contributed by atoms with Crippen molar-refractivity contribution in [1.29, 1.82) is 0 Å². The molecule has 5 aliphatic rings. The number of aryl methyl sites for hydroxylation is 1. The van der Waals surface area contributed by atoms with E-state index >= 15 is 0 Å². The van der Waals surface area contributed by atoms with Crippen LogP contribution in [0.1, 0.15) is 86.7 Å². The lowest BCUT2D eigenvalue weighted by Gasteiger charge is -2.52. The second-order valence-electron chi connectivity index (χ2n) is 15.7. The van der Waals surface area contributed by atoms with Crippen LogP contribution >= 0.6 is 11.6 Å². The molecule has 9 heteroatoms. The summed E-state index contributed by atoms with van der Waals surface area (Å²) in [4.78, 5) is 18.9. The number of likely N-dealkylation sites (tertiary alicyclic amines) is 1. The van der Waals surface area contributed by atoms with Gasteiger partial charge in [-0.15, -0.1) is 0 Å². The van der Waals surface area contributed by atoms with Crippen molar-refractivity contribution in [3.63, 3.8) is 0 Å². The predicted octanol–water partition coefficient (Wildman–Crippen LogP) is 7.06. The average molecular weight is 708 g/mol. The van der Waals surface area contributed by atoms with Gasteiger partial charge >= 0.3 is 0 Å². The molecule has 49 heavy (non-hydrogen) atoms. The van der Waals surface area contributed by atoms with Crippen molar-refractivity contribution in [3.8, 4) is 5.75 Å². The van der Waals surface area contributed by atoms with Crippen molar-refractivity contribution in [2.45, 2.75) is 87.9 Å². The van der Waals surface area contributed by atoms with Crippen molar-refractivity contribution >= 4 is 38.8 Å². The maximum absolute atomic E-state index is 14.0. The van der Waals surface area contributed by atoms with E-state index in [0.29, 0.717) is 24.0 Å².